The van der Waals surface area contributed by atoms with Gasteiger partial charge in [0.25, 0.3) is 0 Å². The van der Waals surface area contributed by atoms with Crippen molar-refractivity contribution >= 4 is 11.9 Å². The van der Waals surface area contributed by atoms with E-state index in [2.05, 4.69) is 15.0 Å². The van der Waals surface area contributed by atoms with E-state index in [1.165, 1.54) is 0 Å². The molecule has 0 unspecified atom stereocenters. The SMILES string of the molecule is Cc1occc1CN(C)c1nc(N)nc(OC(C)C)n1. The first-order valence-corrected chi connectivity index (χ1v) is 6.38. The minimum Gasteiger partial charge on any atom is -0.469 e. The zero-order chi connectivity index (χ0) is 14.7. The summed E-state index contributed by atoms with van der Waals surface area (Å²) in [5.41, 5.74) is 6.76. The van der Waals surface area contributed by atoms with Gasteiger partial charge >= 0.3 is 6.01 Å². The van der Waals surface area contributed by atoms with Gasteiger partial charge in [-0.3, -0.25) is 0 Å². The Morgan fingerprint density at radius 2 is 2.10 bits per heavy atom. The molecule has 7 heteroatoms. The Kier molecular flexibility index (Phi) is 4.07. The first-order chi connectivity index (χ1) is 9.45. The summed E-state index contributed by atoms with van der Waals surface area (Å²) in [7, 11) is 1.88. The van der Waals surface area contributed by atoms with Crippen LogP contribution in [0.1, 0.15) is 25.2 Å². The standard InChI is InChI=1S/C13H19N5O2/c1-8(2)20-13-16-11(14)15-12(17-13)18(4)7-10-5-6-19-9(10)3/h5-6,8H,7H2,1-4H3,(H2,14,15,16,17). The predicted molar refractivity (Wildman–Crippen MR) is 75.6 cm³/mol. The summed E-state index contributed by atoms with van der Waals surface area (Å²) in [4.78, 5) is 14.2. The number of aromatic nitrogens is 3. The molecule has 0 aliphatic rings. The lowest BCUT2D eigenvalue weighted by Crippen LogP contribution is -2.21. The van der Waals surface area contributed by atoms with E-state index in [1.54, 1.807) is 6.26 Å². The minimum atomic E-state index is -0.0222. The van der Waals surface area contributed by atoms with Gasteiger partial charge < -0.3 is 19.8 Å². The number of nitrogens with zero attached hydrogens (tertiary/aromatic N) is 4. The second-order valence-corrected chi connectivity index (χ2v) is 4.80. The molecule has 20 heavy (non-hydrogen) atoms. The van der Waals surface area contributed by atoms with Gasteiger partial charge in [-0.05, 0) is 26.8 Å². The fourth-order valence-electron chi connectivity index (χ4n) is 1.70. The zero-order valence-corrected chi connectivity index (χ0v) is 12.1. The van der Waals surface area contributed by atoms with E-state index < -0.39 is 0 Å². The molecule has 0 aliphatic heterocycles. The van der Waals surface area contributed by atoms with Crippen molar-refractivity contribution in [1.29, 1.82) is 0 Å². The number of ether oxygens (including phenoxy) is 1. The summed E-state index contributed by atoms with van der Waals surface area (Å²) in [6.45, 7) is 6.33. The molecule has 0 atom stereocenters. The van der Waals surface area contributed by atoms with Crippen molar-refractivity contribution in [2.24, 2.45) is 0 Å². The fraction of sp³-hybridized carbons (Fsp3) is 0.462. The second-order valence-electron chi connectivity index (χ2n) is 4.80. The van der Waals surface area contributed by atoms with Crippen LogP contribution < -0.4 is 15.4 Å². The van der Waals surface area contributed by atoms with Crippen LogP contribution >= 0.6 is 0 Å². The molecule has 0 radical (unpaired) electrons. The molecule has 0 aliphatic carbocycles. The highest BCUT2D eigenvalue weighted by Gasteiger charge is 2.13. The Balaban J connectivity index is 2.18. The summed E-state index contributed by atoms with van der Waals surface area (Å²) in [6, 6.07) is 2.15. The molecule has 0 spiro atoms. The third-order valence-electron chi connectivity index (χ3n) is 2.68. The maximum absolute atomic E-state index is 5.69. The van der Waals surface area contributed by atoms with Crippen LogP contribution in [0.25, 0.3) is 0 Å². The van der Waals surface area contributed by atoms with Crippen molar-refractivity contribution < 1.29 is 9.15 Å². The molecule has 2 aromatic rings. The average Bonchev–Trinajstić information content (AvgIpc) is 2.73. The van der Waals surface area contributed by atoms with Crippen molar-refractivity contribution in [3.05, 3.63) is 23.7 Å². The molecule has 0 saturated heterocycles. The maximum Gasteiger partial charge on any atom is 0.323 e. The van der Waals surface area contributed by atoms with Crippen LogP contribution in [0.5, 0.6) is 6.01 Å². The molecule has 7 nitrogen and oxygen atoms in total. The average molecular weight is 277 g/mol. The lowest BCUT2D eigenvalue weighted by atomic mass is 10.2. The van der Waals surface area contributed by atoms with Crippen LogP contribution in [-0.2, 0) is 6.54 Å². The van der Waals surface area contributed by atoms with Gasteiger partial charge in [0.15, 0.2) is 0 Å². The first kappa shape index (κ1) is 14.1. The fourth-order valence-corrected chi connectivity index (χ4v) is 1.70. The molecule has 0 bridgehead atoms. The Bertz CT molecular complexity index is 582. The van der Waals surface area contributed by atoms with Crippen LogP contribution in [-0.4, -0.2) is 28.1 Å². The Morgan fingerprint density at radius 1 is 1.35 bits per heavy atom. The van der Waals surface area contributed by atoms with E-state index in [-0.39, 0.29) is 18.1 Å². The molecule has 2 rings (SSSR count). The van der Waals surface area contributed by atoms with Crippen molar-refractivity contribution in [2.45, 2.75) is 33.4 Å². The Labute approximate surface area is 117 Å². The zero-order valence-electron chi connectivity index (χ0n) is 12.1. The number of nitrogen functional groups attached to an aromatic ring is 1. The van der Waals surface area contributed by atoms with Gasteiger partial charge in [0.05, 0.1) is 12.4 Å². The summed E-state index contributed by atoms with van der Waals surface area (Å²) < 4.78 is 10.7. The van der Waals surface area contributed by atoms with Crippen LogP contribution in [0.4, 0.5) is 11.9 Å². The third-order valence-corrected chi connectivity index (χ3v) is 2.68. The lowest BCUT2D eigenvalue weighted by molar-refractivity contribution is 0.222. The van der Waals surface area contributed by atoms with Crippen molar-refractivity contribution in [3.63, 3.8) is 0 Å². The van der Waals surface area contributed by atoms with Gasteiger partial charge in [-0.15, -0.1) is 0 Å². The van der Waals surface area contributed by atoms with E-state index in [4.69, 9.17) is 14.9 Å². The predicted octanol–water partition coefficient (Wildman–Crippen LogP) is 1.78. The van der Waals surface area contributed by atoms with E-state index in [9.17, 15) is 0 Å². The van der Waals surface area contributed by atoms with Gasteiger partial charge in [-0.25, -0.2) is 0 Å². The number of anilines is 2. The van der Waals surface area contributed by atoms with Crippen LogP contribution in [0.2, 0.25) is 0 Å². The van der Waals surface area contributed by atoms with Crippen LogP contribution in [0.15, 0.2) is 16.7 Å². The topological polar surface area (TPSA) is 90.3 Å². The van der Waals surface area contributed by atoms with Gasteiger partial charge in [0.1, 0.15) is 5.76 Å². The summed E-state index contributed by atoms with van der Waals surface area (Å²) in [5, 5.41) is 0. The lowest BCUT2D eigenvalue weighted by Gasteiger charge is -2.17. The summed E-state index contributed by atoms with van der Waals surface area (Å²) >= 11 is 0. The maximum atomic E-state index is 5.69. The van der Waals surface area contributed by atoms with Gasteiger partial charge in [0.2, 0.25) is 11.9 Å². The highest BCUT2D eigenvalue weighted by atomic mass is 16.5. The highest BCUT2D eigenvalue weighted by Crippen LogP contribution is 2.17. The minimum absolute atomic E-state index is 0.0222. The molecular formula is C13H19N5O2. The molecule has 0 amide bonds. The number of rotatable bonds is 5. The van der Waals surface area contributed by atoms with Gasteiger partial charge in [-0.2, -0.15) is 15.0 Å². The number of hydrogen-bond donors (Lipinski definition) is 1. The highest BCUT2D eigenvalue weighted by molar-refractivity contribution is 5.36. The smallest absolute Gasteiger partial charge is 0.323 e. The summed E-state index contributed by atoms with van der Waals surface area (Å²) in [5.74, 6) is 1.48. The molecule has 2 heterocycles. The van der Waals surface area contributed by atoms with E-state index >= 15 is 0 Å². The van der Waals surface area contributed by atoms with E-state index in [0.29, 0.717) is 12.5 Å². The molecule has 0 fully saturated rings. The van der Waals surface area contributed by atoms with Gasteiger partial charge in [0, 0.05) is 19.2 Å². The van der Waals surface area contributed by atoms with Crippen LogP contribution in [0.3, 0.4) is 0 Å². The quantitative estimate of drug-likeness (QED) is 0.890. The molecule has 0 aromatic carbocycles. The molecule has 2 aromatic heterocycles. The number of aryl methyl sites for hydroxylation is 1. The summed E-state index contributed by atoms with van der Waals surface area (Å²) in [6.07, 6.45) is 1.64. The van der Waals surface area contributed by atoms with Crippen molar-refractivity contribution in [1.82, 2.24) is 15.0 Å². The number of furan rings is 1. The molecule has 108 valence electrons. The molecule has 2 N–H and O–H groups in total. The van der Waals surface area contributed by atoms with Gasteiger partial charge in [-0.1, -0.05) is 0 Å². The monoisotopic (exact) mass is 277 g/mol. The van der Waals surface area contributed by atoms with Crippen molar-refractivity contribution in [2.75, 3.05) is 17.7 Å². The van der Waals surface area contributed by atoms with E-state index in [0.717, 1.165) is 11.3 Å². The molecule has 0 saturated carbocycles. The first-order valence-electron chi connectivity index (χ1n) is 6.38. The van der Waals surface area contributed by atoms with E-state index in [1.807, 2.05) is 38.8 Å². The number of nitrogens with two attached hydrogens (primary N) is 1. The second kappa shape index (κ2) is 5.77. The van der Waals surface area contributed by atoms with Crippen molar-refractivity contribution in [3.8, 4) is 6.01 Å². The number of hydrogen-bond acceptors (Lipinski definition) is 7. The third kappa shape index (κ3) is 3.37. The Morgan fingerprint density at radius 3 is 2.70 bits per heavy atom. The normalized spacial score (nSPS) is 10.8. The Hall–Kier alpha value is -2.31. The van der Waals surface area contributed by atoms with Crippen LogP contribution in [0, 0.1) is 6.92 Å². The largest absolute Gasteiger partial charge is 0.469 e. The molecular weight excluding hydrogens is 258 g/mol.